The maximum Gasteiger partial charge on any atom is 0.141 e. The van der Waals surface area contributed by atoms with Crippen molar-refractivity contribution in [1.82, 2.24) is 0 Å². The highest BCUT2D eigenvalue weighted by atomic mass is 35.5. The molecular weight excluding hydrogens is 295 g/mol. The predicted molar refractivity (Wildman–Crippen MR) is 81.4 cm³/mol. The molecule has 2 rings (SSSR count). The van der Waals surface area contributed by atoms with Crippen LogP contribution >= 0.6 is 23.2 Å². The number of nitriles is 1. The number of hydrogen-bond donors (Lipinski definition) is 1. The molecule has 5 heteroatoms. The molecule has 20 heavy (non-hydrogen) atoms. The molecule has 1 unspecified atom stereocenters. The van der Waals surface area contributed by atoms with Gasteiger partial charge in [-0.3, -0.25) is 0 Å². The summed E-state index contributed by atoms with van der Waals surface area (Å²) in [6, 6.07) is 14.1. The number of nitrogens with one attached hydrogen (secondary N) is 1. The molecule has 2 aromatic rings. The summed E-state index contributed by atoms with van der Waals surface area (Å²) in [4.78, 5) is 0. The third kappa shape index (κ3) is 3.16. The molecule has 3 nitrogen and oxygen atoms in total. The minimum absolute atomic E-state index is 0.390. The lowest BCUT2D eigenvalue weighted by molar-refractivity contribution is 0.415. The highest BCUT2D eigenvalue weighted by Crippen LogP contribution is 2.31. The van der Waals surface area contributed by atoms with Gasteiger partial charge in [0.1, 0.15) is 11.8 Å². The van der Waals surface area contributed by atoms with Gasteiger partial charge < -0.3 is 10.1 Å². The van der Waals surface area contributed by atoms with Gasteiger partial charge in [0.05, 0.1) is 23.2 Å². The van der Waals surface area contributed by atoms with Crippen molar-refractivity contribution in [2.45, 2.75) is 6.04 Å². The minimum Gasteiger partial charge on any atom is -0.497 e. The fraction of sp³-hybridized carbons (Fsp3) is 0.133. The van der Waals surface area contributed by atoms with Crippen molar-refractivity contribution in [3.63, 3.8) is 0 Å². The Hall–Kier alpha value is -1.89. The molecule has 0 spiro atoms. The number of hydrogen-bond acceptors (Lipinski definition) is 3. The van der Waals surface area contributed by atoms with Crippen LogP contribution in [-0.4, -0.2) is 7.11 Å². The van der Waals surface area contributed by atoms with Gasteiger partial charge in [-0.2, -0.15) is 5.26 Å². The number of rotatable bonds is 4. The second-order valence-electron chi connectivity index (χ2n) is 4.08. The monoisotopic (exact) mass is 306 g/mol. The molecular formula is C15H12Cl2N2O. The summed E-state index contributed by atoms with van der Waals surface area (Å²) < 4.78 is 5.09. The maximum atomic E-state index is 9.32. The molecule has 1 atom stereocenters. The van der Waals surface area contributed by atoms with Gasteiger partial charge in [0, 0.05) is 11.3 Å². The van der Waals surface area contributed by atoms with Crippen LogP contribution in [0.4, 0.5) is 5.69 Å². The fourth-order valence-corrected chi connectivity index (χ4v) is 2.19. The van der Waals surface area contributed by atoms with Crippen LogP contribution < -0.4 is 10.1 Å². The van der Waals surface area contributed by atoms with Crippen molar-refractivity contribution in [1.29, 1.82) is 5.26 Å². The standard InChI is InChI=1S/C15H12Cl2N2O/c1-20-11-7-5-10(6-8-11)19-14(9-18)12-3-2-4-13(16)15(12)17/h2-8,14,19H,1H3. The molecule has 0 aliphatic heterocycles. The molecule has 0 aliphatic rings. The largest absolute Gasteiger partial charge is 0.497 e. The molecule has 0 aliphatic carbocycles. The van der Waals surface area contributed by atoms with Crippen LogP contribution in [0.25, 0.3) is 0 Å². The third-order valence-corrected chi connectivity index (χ3v) is 3.66. The summed E-state index contributed by atoms with van der Waals surface area (Å²) in [5, 5.41) is 13.2. The average molecular weight is 307 g/mol. The van der Waals surface area contributed by atoms with E-state index in [4.69, 9.17) is 27.9 Å². The van der Waals surface area contributed by atoms with Crippen LogP contribution in [0.3, 0.4) is 0 Å². The van der Waals surface area contributed by atoms with E-state index in [0.29, 0.717) is 15.6 Å². The van der Waals surface area contributed by atoms with Gasteiger partial charge in [-0.1, -0.05) is 35.3 Å². The van der Waals surface area contributed by atoms with Crippen LogP contribution in [0.5, 0.6) is 5.75 Å². The zero-order valence-corrected chi connectivity index (χ0v) is 12.2. The van der Waals surface area contributed by atoms with E-state index in [2.05, 4.69) is 11.4 Å². The molecule has 0 radical (unpaired) electrons. The van der Waals surface area contributed by atoms with E-state index in [9.17, 15) is 5.26 Å². The van der Waals surface area contributed by atoms with Crippen molar-refractivity contribution in [2.75, 3.05) is 12.4 Å². The van der Waals surface area contributed by atoms with Crippen molar-refractivity contribution in [3.8, 4) is 11.8 Å². The van der Waals surface area contributed by atoms with Gasteiger partial charge in [-0.05, 0) is 30.3 Å². The summed E-state index contributed by atoms with van der Waals surface area (Å²) in [7, 11) is 1.60. The highest BCUT2D eigenvalue weighted by Gasteiger charge is 2.15. The number of benzene rings is 2. The smallest absolute Gasteiger partial charge is 0.141 e. The maximum absolute atomic E-state index is 9.32. The molecule has 0 saturated heterocycles. The molecule has 0 aromatic heterocycles. The van der Waals surface area contributed by atoms with Crippen LogP contribution in [0.15, 0.2) is 42.5 Å². The molecule has 0 amide bonds. The number of methoxy groups -OCH3 is 1. The van der Waals surface area contributed by atoms with Crippen molar-refractivity contribution in [3.05, 3.63) is 58.1 Å². The van der Waals surface area contributed by atoms with Crippen LogP contribution in [0.2, 0.25) is 10.0 Å². The lowest BCUT2D eigenvalue weighted by atomic mass is 10.1. The van der Waals surface area contributed by atoms with E-state index in [1.54, 1.807) is 25.3 Å². The summed E-state index contributed by atoms with van der Waals surface area (Å²) in [5.74, 6) is 0.754. The van der Waals surface area contributed by atoms with E-state index in [1.165, 1.54) is 0 Å². The number of halogens is 2. The normalized spacial score (nSPS) is 11.5. The Labute approximate surface area is 127 Å². The molecule has 0 saturated carbocycles. The summed E-state index contributed by atoms with van der Waals surface area (Å²) >= 11 is 12.1. The Balaban J connectivity index is 2.24. The summed E-state index contributed by atoms with van der Waals surface area (Å²) in [6.07, 6.45) is 0. The average Bonchev–Trinajstić information content (AvgIpc) is 2.48. The predicted octanol–water partition coefficient (Wildman–Crippen LogP) is 4.68. The van der Waals surface area contributed by atoms with Gasteiger partial charge >= 0.3 is 0 Å². The van der Waals surface area contributed by atoms with E-state index in [0.717, 1.165) is 11.4 Å². The molecule has 2 aromatic carbocycles. The van der Waals surface area contributed by atoms with Crippen LogP contribution in [-0.2, 0) is 0 Å². The number of nitrogens with zero attached hydrogens (tertiary/aromatic N) is 1. The van der Waals surface area contributed by atoms with E-state index in [-0.39, 0.29) is 0 Å². The first kappa shape index (κ1) is 14.5. The Bertz CT molecular complexity index is 635. The van der Waals surface area contributed by atoms with E-state index < -0.39 is 6.04 Å². The van der Waals surface area contributed by atoms with Crippen LogP contribution in [0.1, 0.15) is 11.6 Å². The lowest BCUT2D eigenvalue weighted by Gasteiger charge is -2.15. The second-order valence-corrected chi connectivity index (χ2v) is 4.86. The van der Waals surface area contributed by atoms with Crippen molar-refractivity contribution < 1.29 is 4.74 Å². The fourth-order valence-electron chi connectivity index (χ4n) is 1.78. The Morgan fingerprint density at radius 2 is 1.85 bits per heavy atom. The SMILES string of the molecule is COc1ccc(NC(C#N)c2cccc(Cl)c2Cl)cc1. The summed E-state index contributed by atoms with van der Waals surface area (Å²) in [6.45, 7) is 0. The van der Waals surface area contributed by atoms with E-state index >= 15 is 0 Å². The Morgan fingerprint density at radius 3 is 2.45 bits per heavy atom. The molecule has 0 bridgehead atoms. The van der Waals surface area contributed by atoms with Crippen molar-refractivity contribution >= 4 is 28.9 Å². The molecule has 0 heterocycles. The van der Waals surface area contributed by atoms with Gasteiger partial charge in [0.25, 0.3) is 0 Å². The first-order chi connectivity index (χ1) is 9.65. The zero-order chi connectivity index (χ0) is 14.5. The summed E-state index contributed by atoms with van der Waals surface area (Å²) in [5.41, 5.74) is 1.45. The second kappa shape index (κ2) is 6.51. The van der Waals surface area contributed by atoms with Gasteiger partial charge in [0.15, 0.2) is 0 Å². The molecule has 0 fully saturated rings. The zero-order valence-electron chi connectivity index (χ0n) is 10.7. The number of ether oxygens (including phenoxy) is 1. The first-order valence-corrected chi connectivity index (χ1v) is 6.65. The van der Waals surface area contributed by atoms with Gasteiger partial charge in [-0.25, -0.2) is 0 Å². The third-order valence-electron chi connectivity index (χ3n) is 2.82. The Kier molecular flexibility index (Phi) is 4.73. The highest BCUT2D eigenvalue weighted by molar-refractivity contribution is 6.42. The molecule has 1 N–H and O–H groups in total. The first-order valence-electron chi connectivity index (χ1n) is 5.90. The lowest BCUT2D eigenvalue weighted by Crippen LogP contribution is -2.09. The minimum atomic E-state index is -0.574. The number of anilines is 1. The van der Waals surface area contributed by atoms with Gasteiger partial charge in [-0.15, -0.1) is 0 Å². The van der Waals surface area contributed by atoms with Gasteiger partial charge in [0.2, 0.25) is 0 Å². The van der Waals surface area contributed by atoms with Crippen molar-refractivity contribution in [2.24, 2.45) is 0 Å². The molecule has 102 valence electrons. The Morgan fingerprint density at radius 1 is 1.15 bits per heavy atom. The quantitative estimate of drug-likeness (QED) is 0.892. The van der Waals surface area contributed by atoms with Crippen LogP contribution in [0, 0.1) is 11.3 Å². The van der Waals surface area contributed by atoms with E-state index in [1.807, 2.05) is 24.3 Å². The topological polar surface area (TPSA) is 45.0 Å².